The van der Waals surface area contributed by atoms with E-state index in [-0.39, 0.29) is 6.54 Å². The first-order chi connectivity index (χ1) is 8.19. The Labute approximate surface area is 101 Å². The molecule has 0 fully saturated rings. The summed E-state index contributed by atoms with van der Waals surface area (Å²) in [6.45, 7) is 4.69. The van der Waals surface area contributed by atoms with Crippen molar-refractivity contribution in [2.45, 2.75) is 26.4 Å². The normalized spacial score (nSPS) is 11.7. The first-order valence-corrected chi connectivity index (χ1v) is 5.61. The van der Waals surface area contributed by atoms with Gasteiger partial charge in [0, 0.05) is 17.0 Å². The molecule has 0 saturated carbocycles. The zero-order valence-corrected chi connectivity index (χ0v) is 10.1. The molecule has 0 amide bonds. The lowest BCUT2D eigenvalue weighted by Crippen LogP contribution is -2.04. The summed E-state index contributed by atoms with van der Waals surface area (Å²) in [6.07, 6.45) is -0.268. The highest BCUT2D eigenvalue weighted by Gasteiger charge is 2.13. The molecular formula is C12H17N3O2. The molecule has 0 saturated heterocycles. The number of aliphatic hydroxyl groups excluding tert-OH is 1. The van der Waals surface area contributed by atoms with Crippen molar-refractivity contribution in [1.29, 1.82) is 0 Å². The summed E-state index contributed by atoms with van der Waals surface area (Å²) in [6, 6.07) is 5.69. The van der Waals surface area contributed by atoms with Gasteiger partial charge in [0.25, 0.3) is 0 Å². The van der Waals surface area contributed by atoms with Crippen LogP contribution in [0.5, 0.6) is 5.75 Å². The molecular weight excluding hydrogens is 218 g/mol. The maximum absolute atomic E-state index is 10.0. The van der Waals surface area contributed by atoms with Crippen molar-refractivity contribution < 1.29 is 9.84 Å². The lowest BCUT2D eigenvalue weighted by molar-refractivity contribution is 0.164. The number of aryl methyl sites for hydroxylation is 1. The number of benzene rings is 1. The van der Waals surface area contributed by atoms with E-state index in [1.165, 1.54) is 0 Å². The van der Waals surface area contributed by atoms with Crippen molar-refractivity contribution in [3.63, 3.8) is 0 Å². The molecule has 1 rings (SSSR count). The van der Waals surface area contributed by atoms with Crippen molar-refractivity contribution >= 4 is 0 Å². The third-order valence-corrected chi connectivity index (χ3v) is 2.39. The molecule has 0 spiro atoms. The summed E-state index contributed by atoms with van der Waals surface area (Å²) in [5.74, 6) is 0.687. The van der Waals surface area contributed by atoms with E-state index in [4.69, 9.17) is 10.3 Å². The SMILES string of the molecule is CCOc1ccc(C)cc1C(O)CCN=[N+]=[N-]. The van der Waals surface area contributed by atoms with Crippen molar-refractivity contribution in [2.75, 3.05) is 13.2 Å². The van der Waals surface area contributed by atoms with E-state index >= 15 is 0 Å². The van der Waals surface area contributed by atoms with Crippen LogP contribution >= 0.6 is 0 Å². The van der Waals surface area contributed by atoms with Gasteiger partial charge in [-0.3, -0.25) is 0 Å². The zero-order chi connectivity index (χ0) is 12.7. The zero-order valence-electron chi connectivity index (χ0n) is 10.1. The fourth-order valence-electron chi connectivity index (χ4n) is 1.60. The second kappa shape index (κ2) is 6.78. The van der Waals surface area contributed by atoms with Gasteiger partial charge in [-0.05, 0) is 37.9 Å². The van der Waals surface area contributed by atoms with Crippen LogP contribution in [0.25, 0.3) is 10.4 Å². The number of nitrogens with zero attached hydrogens (tertiary/aromatic N) is 3. The van der Waals surface area contributed by atoms with E-state index < -0.39 is 6.10 Å². The van der Waals surface area contributed by atoms with E-state index in [1.54, 1.807) is 0 Å². The Hall–Kier alpha value is -1.71. The molecule has 1 atom stereocenters. The molecule has 0 bridgehead atoms. The summed E-state index contributed by atoms with van der Waals surface area (Å²) >= 11 is 0. The molecule has 1 aromatic rings. The van der Waals surface area contributed by atoms with E-state index in [0.717, 1.165) is 11.1 Å². The minimum Gasteiger partial charge on any atom is -0.493 e. The number of ether oxygens (including phenoxy) is 1. The molecule has 5 heteroatoms. The summed E-state index contributed by atoms with van der Waals surface area (Å²) < 4.78 is 5.46. The molecule has 0 aliphatic heterocycles. The summed E-state index contributed by atoms with van der Waals surface area (Å²) in [7, 11) is 0. The Kier molecular flexibility index (Phi) is 5.33. The number of azide groups is 1. The van der Waals surface area contributed by atoms with Gasteiger partial charge >= 0.3 is 0 Å². The van der Waals surface area contributed by atoms with Gasteiger partial charge in [0.15, 0.2) is 0 Å². The first-order valence-electron chi connectivity index (χ1n) is 5.61. The van der Waals surface area contributed by atoms with Gasteiger partial charge in [0.05, 0.1) is 12.7 Å². The van der Waals surface area contributed by atoms with Crippen LogP contribution in [-0.2, 0) is 0 Å². The molecule has 1 unspecified atom stereocenters. The van der Waals surface area contributed by atoms with Crippen molar-refractivity contribution in [1.82, 2.24) is 0 Å². The largest absolute Gasteiger partial charge is 0.493 e. The highest BCUT2D eigenvalue weighted by molar-refractivity contribution is 5.38. The minimum absolute atomic E-state index is 0.275. The molecule has 0 radical (unpaired) electrons. The average Bonchev–Trinajstić information content (AvgIpc) is 2.32. The second-order valence-electron chi connectivity index (χ2n) is 3.73. The fraction of sp³-hybridized carbons (Fsp3) is 0.500. The van der Waals surface area contributed by atoms with Crippen LogP contribution in [-0.4, -0.2) is 18.3 Å². The predicted octanol–water partition coefficient (Wildman–Crippen LogP) is 3.13. The fourth-order valence-corrected chi connectivity index (χ4v) is 1.60. The summed E-state index contributed by atoms with van der Waals surface area (Å²) in [5.41, 5.74) is 10.00. The highest BCUT2D eigenvalue weighted by atomic mass is 16.5. The Morgan fingerprint density at radius 3 is 2.94 bits per heavy atom. The molecule has 0 aliphatic rings. The molecule has 1 N–H and O–H groups in total. The number of rotatable bonds is 6. The number of hydrogen-bond acceptors (Lipinski definition) is 3. The number of aliphatic hydroxyl groups is 1. The van der Waals surface area contributed by atoms with Crippen molar-refractivity contribution in [2.24, 2.45) is 5.11 Å². The monoisotopic (exact) mass is 235 g/mol. The Morgan fingerprint density at radius 2 is 2.29 bits per heavy atom. The van der Waals surface area contributed by atoms with Crippen molar-refractivity contribution in [3.8, 4) is 5.75 Å². The second-order valence-corrected chi connectivity index (χ2v) is 3.73. The van der Waals surface area contributed by atoms with Gasteiger partial charge in [-0.25, -0.2) is 0 Å². The number of hydrogen-bond donors (Lipinski definition) is 1. The van der Waals surface area contributed by atoms with E-state index in [9.17, 15) is 5.11 Å². The topological polar surface area (TPSA) is 78.2 Å². The van der Waals surface area contributed by atoms with Crippen molar-refractivity contribution in [3.05, 3.63) is 39.8 Å². The molecule has 92 valence electrons. The Bertz CT molecular complexity index is 414. The molecule has 0 heterocycles. The van der Waals surface area contributed by atoms with Crippen LogP contribution in [0.3, 0.4) is 0 Å². The van der Waals surface area contributed by atoms with Gasteiger partial charge in [-0.2, -0.15) is 0 Å². The standard InChI is InChI=1S/C12H17N3O2/c1-3-17-12-5-4-9(2)8-10(12)11(16)6-7-14-15-13/h4-5,8,11,16H,3,6-7H2,1-2H3. The highest BCUT2D eigenvalue weighted by Crippen LogP contribution is 2.28. The average molecular weight is 235 g/mol. The maximum Gasteiger partial charge on any atom is 0.125 e. The third-order valence-electron chi connectivity index (χ3n) is 2.39. The van der Waals surface area contributed by atoms with Crippen LogP contribution in [0.1, 0.15) is 30.6 Å². The lowest BCUT2D eigenvalue weighted by atomic mass is 10.0. The molecule has 1 aromatic carbocycles. The van der Waals surface area contributed by atoms with Gasteiger partial charge in [-0.15, -0.1) is 0 Å². The van der Waals surface area contributed by atoms with E-state index in [0.29, 0.717) is 18.8 Å². The van der Waals surface area contributed by atoms with Gasteiger partial charge in [-0.1, -0.05) is 16.7 Å². The smallest absolute Gasteiger partial charge is 0.125 e. The maximum atomic E-state index is 10.0. The van der Waals surface area contributed by atoms with Crippen LogP contribution in [0, 0.1) is 6.92 Å². The van der Waals surface area contributed by atoms with Gasteiger partial charge in [0.1, 0.15) is 5.75 Å². The Morgan fingerprint density at radius 1 is 1.53 bits per heavy atom. The molecule has 0 aromatic heterocycles. The molecule has 0 aliphatic carbocycles. The van der Waals surface area contributed by atoms with Gasteiger partial charge in [0.2, 0.25) is 0 Å². The molecule has 5 nitrogen and oxygen atoms in total. The Balaban J connectivity index is 2.85. The van der Waals surface area contributed by atoms with Gasteiger partial charge < -0.3 is 9.84 Å². The van der Waals surface area contributed by atoms with Crippen LogP contribution in [0.4, 0.5) is 0 Å². The van der Waals surface area contributed by atoms with E-state index in [2.05, 4.69) is 10.0 Å². The van der Waals surface area contributed by atoms with E-state index in [1.807, 2.05) is 32.0 Å². The first kappa shape index (κ1) is 13.4. The molecule has 17 heavy (non-hydrogen) atoms. The van der Waals surface area contributed by atoms with Crippen LogP contribution in [0.15, 0.2) is 23.3 Å². The summed E-state index contributed by atoms with van der Waals surface area (Å²) in [4.78, 5) is 2.66. The lowest BCUT2D eigenvalue weighted by Gasteiger charge is -2.15. The van der Waals surface area contributed by atoms with Crippen LogP contribution in [0.2, 0.25) is 0 Å². The predicted molar refractivity (Wildman–Crippen MR) is 65.9 cm³/mol. The quantitative estimate of drug-likeness (QED) is 0.467. The summed E-state index contributed by atoms with van der Waals surface area (Å²) in [5, 5.41) is 13.4. The third kappa shape index (κ3) is 3.98. The van der Waals surface area contributed by atoms with Crippen LogP contribution < -0.4 is 4.74 Å². The minimum atomic E-state index is -0.665.